The smallest absolute Gasteiger partial charge is 0.265 e. The summed E-state index contributed by atoms with van der Waals surface area (Å²) in [6.07, 6.45) is 0. The number of nitrogens with one attached hydrogen (secondary N) is 1. The molecule has 1 amide bonds. The van der Waals surface area contributed by atoms with Crippen molar-refractivity contribution in [3.63, 3.8) is 0 Å². The first-order valence-electron chi connectivity index (χ1n) is 8.37. The Hall–Kier alpha value is -2.57. The summed E-state index contributed by atoms with van der Waals surface area (Å²) < 4.78 is 0.923. The second-order valence-corrected chi connectivity index (χ2v) is 8.69. The number of benzene rings is 2. The molecule has 4 rings (SSSR count). The van der Waals surface area contributed by atoms with Crippen LogP contribution in [0.1, 0.15) is 27.7 Å². The molecule has 27 heavy (non-hydrogen) atoms. The molecule has 0 bridgehead atoms. The molecule has 0 saturated heterocycles. The molecule has 4 nitrogen and oxygen atoms in total. The standard InChI is InChI=1S/C21H15BrN2O2S/c1-12(25)20-17-6-5-14(9-15(17)11-23-20)13-3-2-4-16(10-13)24-21(26)18-7-8-19(22)27-18/h2-10H,11H2,1H3,(H,24,26). The van der Waals surface area contributed by atoms with Gasteiger partial charge < -0.3 is 5.32 Å². The average Bonchev–Trinajstić information content (AvgIpc) is 3.27. The van der Waals surface area contributed by atoms with Crippen LogP contribution < -0.4 is 5.32 Å². The van der Waals surface area contributed by atoms with E-state index in [0.29, 0.717) is 17.1 Å². The summed E-state index contributed by atoms with van der Waals surface area (Å²) >= 11 is 4.77. The van der Waals surface area contributed by atoms with E-state index in [9.17, 15) is 9.59 Å². The number of hydrogen-bond donors (Lipinski definition) is 1. The monoisotopic (exact) mass is 438 g/mol. The number of ketones is 1. The van der Waals surface area contributed by atoms with Gasteiger partial charge in [0.2, 0.25) is 0 Å². The number of Topliss-reactive ketones (excluding diaryl/α,β-unsaturated/α-hetero) is 1. The normalized spacial score (nSPS) is 12.4. The van der Waals surface area contributed by atoms with Gasteiger partial charge in [-0.05, 0) is 63.0 Å². The van der Waals surface area contributed by atoms with E-state index in [2.05, 4.69) is 32.3 Å². The van der Waals surface area contributed by atoms with E-state index in [1.807, 2.05) is 42.5 Å². The highest BCUT2D eigenvalue weighted by Gasteiger charge is 2.19. The Kier molecular flexibility index (Phi) is 4.76. The molecule has 2 heterocycles. The number of aliphatic imine (C=N–C) groups is 1. The van der Waals surface area contributed by atoms with Crippen molar-refractivity contribution in [1.82, 2.24) is 0 Å². The molecule has 0 fully saturated rings. The highest BCUT2D eigenvalue weighted by molar-refractivity contribution is 9.11. The van der Waals surface area contributed by atoms with Crippen LogP contribution in [0, 0.1) is 0 Å². The number of carbonyl (C=O) groups is 2. The van der Waals surface area contributed by atoms with Crippen molar-refractivity contribution < 1.29 is 9.59 Å². The number of amides is 1. The Balaban J connectivity index is 1.58. The zero-order valence-corrected chi connectivity index (χ0v) is 16.9. The van der Waals surface area contributed by atoms with Crippen LogP contribution in [-0.2, 0) is 11.3 Å². The van der Waals surface area contributed by atoms with Gasteiger partial charge >= 0.3 is 0 Å². The molecule has 0 unspecified atom stereocenters. The van der Waals surface area contributed by atoms with Crippen LogP contribution in [0.3, 0.4) is 0 Å². The Morgan fingerprint density at radius 1 is 1.07 bits per heavy atom. The molecular weight excluding hydrogens is 424 g/mol. The molecule has 2 aromatic carbocycles. The number of fused-ring (bicyclic) bond motifs is 1. The number of rotatable bonds is 4. The molecular formula is C21H15BrN2O2S. The van der Waals surface area contributed by atoms with Gasteiger partial charge in [-0.25, -0.2) is 0 Å². The van der Waals surface area contributed by atoms with E-state index in [1.54, 1.807) is 13.0 Å². The lowest BCUT2D eigenvalue weighted by Gasteiger charge is -2.09. The maximum Gasteiger partial charge on any atom is 0.265 e. The maximum absolute atomic E-state index is 12.4. The third kappa shape index (κ3) is 3.63. The van der Waals surface area contributed by atoms with E-state index in [0.717, 1.165) is 31.7 Å². The molecule has 1 aromatic heterocycles. The van der Waals surface area contributed by atoms with Gasteiger partial charge in [-0.3, -0.25) is 14.6 Å². The van der Waals surface area contributed by atoms with Crippen LogP contribution in [0.4, 0.5) is 5.69 Å². The molecule has 134 valence electrons. The molecule has 1 N–H and O–H groups in total. The first-order valence-corrected chi connectivity index (χ1v) is 9.98. The zero-order valence-electron chi connectivity index (χ0n) is 14.5. The Morgan fingerprint density at radius 2 is 1.89 bits per heavy atom. The van der Waals surface area contributed by atoms with Gasteiger partial charge in [0.1, 0.15) is 5.71 Å². The molecule has 1 aliphatic rings. The summed E-state index contributed by atoms with van der Waals surface area (Å²) in [7, 11) is 0. The highest BCUT2D eigenvalue weighted by atomic mass is 79.9. The van der Waals surface area contributed by atoms with Gasteiger partial charge in [0, 0.05) is 18.2 Å². The van der Waals surface area contributed by atoms with E-state index < -0.39 is 0 Å². The first kappa shape index (κ1) is 17.8. The number of nitrogens with zero attached hydrogens (tertiary/aromatic N) is 1. The Bertz CT molecular complexity index is 1100. The van der Waals surface area contributed by atoms with Gasteiger partial charge in [-0.15, -0.1) is 11.3 Å². The number of hydrogen-bond acceptors (Lipinski definition) is 4. The molecule has 0 aliphatic carbocycles. The predicted octanol–water partition coefficient (Wildman–Crippen LogP) is 5.32. The predicted molar refractivity (Wildman–Crippen MR) is 113 cm³/mol. The van der Waals surface area contributed by atoms with Crippen molar-refractivity contribution in [3.05, 3.63) is 74.4 Å². The van der Waals surface area contributed by atoms with Crippen LogP contribution in [0.15, 0.2) is 63.4 Å². The molecule has 0 atom stereocenters. The van der Waals surface area contributed by atoms with Gasteiger partial charge in [-0.1, -0.05) is 24.3 Å². The largest absolute Gasteiger partial charge is 0.321 e. The van der Waals surface area contributed by atoms with Crippen molar-refractivity contribution in [2.24, 2.45) is 4.99 Å². The lowest BCUT2D eigenvalue weighted by molar-refractivity contribution is -0.111. The second kappa shape index (κ2) is 7.21. The van der Waals surface area contributed by atoms with Crippen molar-refractivity contribution in [2.45, 2.75) is 13.5 Å². The molecule has 0 radical (unpaired) electrons. The maximum atomic E-state index is 12.4. The van der Waals surface area contributed by atoms with Gasteiger partial charge in [0.05, 0.1) is 15.2 Å². The van der Waals surface area contributed by atoms with Gasteiger partial charge in [0.25, 0.3) is 5.91 Å². The minimum Gasteiger partial charge on any atom is -0.321 e. The van der Waals surface area contributed by atoms with Gasteiger partial charge in [-0.2, -0.15) is 0 Å². The third-order valence-electron chi connectivity index (χ3n) is 4.35. The summed E-state index contributed by atoms with van der Waals surface area (Å²) in [5.74, 6) is -0.136. The fourth-order valence-corrected chi connectivity index (χ4v) is 4.37. The minimum absolute atomic E-state index is 0.00794. The van der Waals surface area contributed by atoms with Crippen molar-refractivity contribution in [3.8, 4) is 11.1 Å². The van der Waals surface area contributed by atoms with E-state index in [-0.39, 0.29) is 11.7 Å². The van der Waals surface area contributed by atoms with Crippen LogP contribution in [0.5, 0.6) is 0 Å². The number of thiophene rings is 1. The number of halogens is 1. The lowest BCUT2D eigenvalue weighted by atomic mass is 9.97. The van der Waals surface area contributed by atoms with Crippen molar-refractivity contribution in [1.29, 1.82) is 0 Å². The van der Waals surface area contributed by atoms with Crippen LogP contribution in [0.2, 0.25) is 0 Å². The number of anilines is 1. The summed E-state index contributed by atoms with van der Waals surface area (Å²) in [6.45, 7) is 2.07. The number of carbonyl (C=O) groups excluding carboxylic acids is 2. The third-order valence-corrected chi connectivity index (χ3v) is 5.97. The first-order chi connectivity index (χ1) is 13.0. The van der Waals surface area contributed by atoms with Gasteiger partial charge in [0.15, 0.2) is 5.78 Å². The topological polar surface area (TPSA) is 58.5 Å². The molecule has 0 saturated carbocycles. The van der Waals surface area contributed by atoms with Crippen LogP contribution in [0.25, 0.3) is 11.1 Å². The Labute approximate surface area is 169 Å². The summed E-state index contributed by atoms with van der Waals surface area (Å²) in [5.41, 5.74) is 5.29. The van der Waals surface area contributed by atoms with Crippen LogP contribution >= 0.6 is 27.3 Å². The fourth-order valence-electron chi connectivity index (χ4n) is 3.09. The minimum atomic E-state index is -0.128. The van der Waals surface area contributed by atoms with E-state index >= 15 is 0 Å². The van der Waals surface area contributed by atoms with Crippen molar-refractivity contribution >= 4 is 50.4 Å². The zero-order chi connectivity index (χ0) is 19.0. The second-order valence-electron chi connectivity index (χ2n) is 6.23. The lowest BCUT2D eigenvalue weighted by Crippen LogP contribution is -2.10. The van der Waals surface area contributed by atoms with E-state index in [4.69, 9.17) is 0 Å². The van der Waals surface area contributed by atoms with E-state index in [1.165, 1.54) is 11.3 Å². The summed E-state index contributed by atoms with van der Waals surface area (Å²) in [6, 6.07) is 17.4. The summed E-state index contributed by atoms with van der Waals surface area (Å²) in [4.78, 5) is 29.0. The van der Waals surface area contributed by atoms with Crippen LogP contribution in [-0.4, -0.2) is 17.4 Å². The van der Waals surface area contributed by atoms with Crippen molar-refractivity contribution in [2.75, 3.05) is 5.32 Å². The average molecular weight is 439 g/mol. The Morgan fingerprint density at radius 3 is 2.63 bits per heavy atom. The highest BCUT2D eigenvalue weighted by Crippen LogP contribution is 2.29. The molecule has 6 heteroatoms. The fraction of sp³-hybridized carbons (Fsp3) is 0.0952. The summed E-state index contributed by atoms with van der Waals surface area (Å²) in [5, 5.41) is 2.94. The molecule has 3 aromatic rings. The molecule has 1 aliphatic heterocycles. The quantitative estimate of drug-likeness (QED) is 0.598. The molecule has 0 spiro atoms. The SMILES string of the molecule is CC(=O)C1=NCc2cc(-c3cccc(NC(=O)c4ccc(Br)s4)c3)ccc21.